The van der Waals surface area contributed by atoms with Crippen molar-refractivity contribution >= 4 is 97.4 Å². The molecule has 2 N–H and O–H groups in total. The summed E-state index contributed by atoms with van der Waals surface area (Å²) in [6, 6.07) is 7.01. The van der Waals surface area contributed by atoms with Gasteiger partial charge in [-0.1, -0.05) is 11.6 Å². The molecule has 2 aromatic rings. The molecule has 0 aliphatic carbocycles. The van der Waals surface area contributed by atoms with E-state index in [0.717, 1.165) is 22.7 Å². The number of rotatable bonds is 4. The summed E-state index contributed by atoms with van der Waals surface area (Å²) in [6.45, 7) is -0.484. The lowest BCUT2D eigenvalue weighted by atomic mass is 10.2. The number of amides is 3. The third-order valence-electron chi connectivity index (χ3n) is 3.72. The van der Waals surface area contributed by atoms with Crippen LogP contribution in [0.5, 0.6) is 5.75 Å². The second-order valence-electron chi connectivity index (χ2n) is 5.78. The molecule has 0 saturated carbocycles. The van der Waals surface area contributed by atoms with Crippen LogP contribution in [0.2, 0.25) is 5.02 Å². The van der Waals surface area contributed by atoms with Gasteiger partial charge in [-0.15, -0.1) is 0 Å². The molecule has 1 heterocycles. The number of nitrogens with one attached hydrogen (secondary N) is 1. The van der Waals surface area contributed by atoms with E-state index in [-0.39, 0.29) is 21.4 Å². The van der Waals surface area contributed by atoms with Crippen LogP contribution in [-0.2, 0) is 9.59 Å². The van der Waals surface area contributed by atoms with Gasteiger partial charge in [-0.2, -0.15) is 0 Å². The maximum atomic E-state index is 13.2. The van der Waals surface area contributed by atoms with Crippen molar-refractivity contribution < 1.29 is 23.9 Å². The molecule has 6 nitrogen and oxygen atoms in total. The summed E-state index contributed by atoms with van der Waals surface area (Å²) in [5.74, 6) is -1.69. The van der Waals surface area contributed by atoms with Gasteiger partial charge in [-0.25, -0.2) is 4.39 Å². The summed E-state index contributed by atoms with van der Waals surface area (Å²) in [4.78, 5) is 37.9. The number of halogens is 4. The molecule has 0 spiro atoms. The highest BCUT2D eigenvalue weighted by molar-refractivity contribution is 14.1. The predicted octanol–water partition coefficient (Wildman–Crippen LogP) is 5.07. The number of thioether (sulfide) groups is 1. The lowest BCUT2D eigenvalue weighted by molar-refractivity contribution is -0.127. The van der Waals surface area contributed by atoms with E-state index < -0.39 is 29.4 Å². The third-order valence-corrected chi connectivity index (χ3v) is 6.56. The van der Waals surface area contributed by atoms with Crippen LogP contribution in [-0.4, -0.2) is 33.6 Å². The molecule has 2 aromatic carbocycles. The van der Waals surface area contributed by atoms with Crippen LogP contribution in [0.3, 0.4) is 0 Å². The van der Waals surface area contributed by atoms with E-state index in [1.54, 1.807) is 12.1 Å². The van der Waals surface area contributed by atoms with E-state index in [0.29, 0.717) is 12.7 Å². The van der Waals surface area contributed by atoms with Gasteiger partial charge in [0.05, 0.1) is 17.1 Å². The summed E-state index contributed by atoms with van der Waals surface area (Å²) in [5, 5.41) is 11.6. The lowest BCUT2D eigenvalue weighted by Gasteiger charge is -2.12. The van der Waals surface area contributed by atoms with E-state index in [4.69, 9.17) is 11.6 Å². The number of aromatic hydroxyl groups is 1. The number of carbonyl (C=O) groups excluding carboxylic acids is 3. The molecule has 1 aliphatic rings. The molecule has 0 radical (unpaired) electrons. The highest BCUT2D eigenvalue weighted by Crippen LogP contribution is 2.34. The summed E-state index contributed by atoms with van der Waals surface area (Å²) < 4.78 is 14.4. The number of benzene rings is 2. The van der Waals surface area contributed by atoms with Crippen LogP contribution < -0.4 is 5.32 Å². The molecule has 3 amide bonds. The van der Waals surface area contributed by atoms with Crippen molar-refractivity contribution in [2.75, 3.05) is 11.9 Å². The Morgan fingerprint density at radius 3 is 2.52 bits per heavy atom. The predicted molar refractivity (Wildman–Crippen MR) is 126 cm³/mol. The minimum absolute atomic E-state index is 0.147. The molecule has 0 atom stereocenters. The van der Waals surface area contributed by atoms with Gasteiger partial charge < -0.3 is 10.4 Å². The second kappa shape index (κ2) is 9.18. The Bertz CT molecular complexity index is 1060. The second-order valence-corrected chi connectivity index (χ2v) is 9.50. The first kappa shape index (κ1) is 22.3. The van der Waals surface area contributed by atoms with Gasteiger partial charge >= 0.3 is 0 Å². The van der Waals surface area contributed by atoms with Crippen molar-refractivity contribution in [3.63, 3.8) is 0 Å². The molecule has 3 rings (SSSR count). The van der Waals surface area contributed by atoms with E-state index in [1.165, 1.54) is 18.2 Å². The highest BCUT2D eigenvalue weighted by atomic mass is 127. The minimum Gasteiger partial charge on any atom is -0.506 e. The first-order valence-corrected chi connectivity index (χ1v) is 11.2. The van der Waals surface area contributed by atoms with Crippen LogP contribution >= 0.6 is 68.5 Å². The van der Waals surface area contributed by atoms with Crippen molar-refractivity contribution in [1.29, 1.82) is 0 Å². The normalized spacial score (nSPS) is 15.3. The maximum Gasteiger partial charge on any atom is 0.294 e. The SMILES string of the molecule is O=C(CN1C(=O)S/C(=C/c2cc(I)c(O)c(I)c2)C1=O)Nc1ccc(F)c(Cl)c1. The van der Waals surface area contributed by atoms with Crippen molar-refractivity contribution in [2.24, 2.45) is 0 Å². The van der Waals surface area contributed by atoms with Crippen molar-refractivity contribution in [2.45, 2.75) is 0 Å². The van der Waals surface area contributed by atoms with Gasteiger partial charge in [0, 0.05) is 5.69 Å². The van der Waals surface area contributed by atoms with Crippen LogP contribution in [0.1, 0.15) is 5.56 Å². The number of anilines is 1. The molecule has 29 heavy (non-hydrogen) atoms. The van der Waals surface area contributed by atoms with Gasteiger partial charge in [0.25, 0.3) is 11.1 Å². The topological polar surface area (TPSA) is 86.7 Å². The standard InChI is InChI=1S/C18H10ClFI2N2O4S/c19-10-6-9(1-2-11(10)20)23-15(25)7-24-17(27)14(29-18(24)28)5-8-3-12(21)16(26)13(22)4-8/h1-6,26H,7H2,(H,23,25)/b14-5+. The Hall–Kier alpha value is -1.38. The largest absolute Gasteiger partial charge is 0.506 e. The monoisotopic (exact) mass is 658 g/mol. The van der Waals surface area contributed by atoms with Gasteiger partial charge in [-0.3, -0.25) is 19.3 Å². The fourth-order valence-electron chi connectivity index (χ4n) is 2.37. The van der Waals surface area contributed by atoms with E-state index in [9.17, 15) is 23.9 Å². The quantitative estimate of drug-likeness (QED) is 0.354. The van der Waals surface area contributed by atoms with Crippen molar-refractivity contribution in [3.05, 3.63) is 58.8 Å². The zero-order chi connectivity index (χ0) is 21.3. The van der Waals surface area contributed by atoms with Gasteiger partial charge in [0.1, 0.15) is 18.1 Å². The van der Waals surface area contributed by atoms with E-state index in [2.05, 4.69) is 5.32 Å². The molecule has 0 aromatic heterocycles. The third kappa shape index (κ3) is 5.22. The van der Waals surface area contributed by atoms with Crippen LogP contribution in [0.4, 0.5) is 14.9 Å². The number of imide groups is 1. The van der Waals surface area contributed by atoms with Gasteiger partial charge in [-0.05, 0) is 98.9 Å². The summed E-state index contributed by atoms with van der Waals surface area (Å²) in [7, 11) is 0. The molecule has 1 saturated heterocycles. The molecule has 1 aliphatic heterocycles. The average molecular weight is 659 g/mol. The Morgan fingerprint density at radius 2 is 1.90 bits per heavy atom. The molecule has 150 valence electrons. The van der Waals surface area contributed by atoms with Crippen molar-refractivity contribution in [1.82, 2.24) is 4.90 Å². The highest BCUT2D eigenvalue weighted by Gasteiger charge is 2.36. The number of hydrogen-bond donors (Lipinski definition) is 2. The lowest BCUT2D eigenvalue weighted by Crippen LogP contribution is -2.36. The fraction of sp³-hybridized carbons (Fsp3) is 0.0556. The number of carbonyl (C=O) groups is 3. The van der Waals surface area contributed by atoms with Gasteiger partial charge in [0.2, 0.25) is 5.91 Å². The molecule has 0 bridgehead atoms. The molecule has 0 unspecified atom stereocenters. The smallest absolute Gasteiger partial charge is 0.294 e. The van der Waals surface area contributed by atoms with Crippen LogP contribution in [0, 0.1) is 13.0 Å². The van der Waals surface area contributed by atoms with Gasteiger partial charge in [0.15, 0.2) is 0 Å². The minimum atomic E-state index is -0.626. The molecular weight excluding hydrogens is 649 g/mol. The molecule has 11 heteroatoms. The summed E-state index contributed by atoms with van der Waals surface area (Å²) >= 11 is 10.3. The Balaban J connectivity index is 1.73. The zero-order valence-electron chi connectivity index (χ0n) is 14.2. The number of phenols is 1. The summed E-state index contributed by atoms with van der Waals surface area (Å²) in [6.07, 6.45) is 1.53. The zero-order valence-corrected chi connectivity index (χ0v) is 20.1. The number of hydrogen-bond acceptors (Lipinski definition) is 5. The average Bonchev–Trinajstić information content (AvgIpc) is 2.90. The van der Waals surface area contributed by atoms with E-state index in [1.807, 2.05) is 45.2 Å². The Morgan fingerprint density at radius 1 is 1.24 bits per heavy atom. The molecule has 1 fully saturated rings. The first-order valence-electron chi connectivity index (χ1n) is 7.84. The maximum absolute atomic E-state index is 13.2. The number of phenolic OH excluding ortho intramolecular Hbond substituents is 1. The Labute approximate surface area is 201 Å². The Kier molecular flexibility index (Phi) is 7.06. The van der Waals surface area contributed by atoms with Crippen molar-refractivity contribution in [3.8, 4) is 5.75 Å². The fourth-order valence-corrected chi connectivity index (χ4v) is 5.21. The number of nitrogens with zero attached hydrogens (tertiary/aromatic N) is 1. The first-order chi connectivity index (χ1) is 13.7. The van der Waals surface area contributed by atoms with Crippen LogP contribution in [0.15, 0.2) is 35.2 Å². The van der Waals surface area contributed by atoms with Crippen LogP contribution in [0.25, 0.3) is 6.08 Å². The molecular formula is C18H10ClFI2N2O4S. The van der Waals surface area contributed by atoms with E-state index >= 15 is 0 Å². The summed E-state index contributed by atoms with van der Waals surface area (Å²) in [5.41, 5.74) is 0.893.